The Bertz CT molecular complexity index is 881. The minimum absolute atomic E-state index is 0.0219. The highest BCUT2D eigenvalue weighted by atomic mass is 16.1. The summed E-state index contributed by atoms with van der Waals surface area (Å²) in [4.78, 5) is 26.0. The quantitative estimate of drug-likeness (QED) is 0.0446. The summed E-state index contributed by atoms with van der Waals surface area (Å²) in [5.74, 6) is 0.0135. The van der Waals surface area contributed by atoms with E-state index in [-0.39, 0.29) is 17.3 Å². The number of Topliss-reactive ketones (excluding diaryl/α,β-unsaturated/α-hetero) is 2. The number of anilines is 2. The van der Waals surface area contributed by atoms with Crippen LogP contribution in [-0.2, 0) is 0 Å². The van der Waals surface area contributed by atoms with Gasteiger partial charge in [0.25, 0.3) is 0 Å². The van der Waals surface area contributed by atoms with Crippen molar-refractivity contribution >= 4 is 22.9 Å². The molecule has 0 bridgehead atoms. The van der Waals surface area contributed by atoms with Gasteiger partial charge >= 0.3 is 0 Å². The van der Waals surface area contributed by atoms with Gasteiger partial charge in [0.05, 0.1) is 11.3 Å². The summed E-state index contributed by atoms with van der Waals surface area (Å²) in [6, 6.07) is 3.40. The van der Waals surface area contributed by atoms with Crippen LogP contribution in [0.4, 0.5) is 11.4 Å². The van der Waals surface area contributed by atoms with Gasteiger partial charge in [0.1, 0.15) is 0 Å². The molecule has 4 heteroatoms. The smallest absolute Gasteiger partial charge is 0.167 e. The topological polar surface area (TPSA) is 86.2 Å². The molecule has 0 amide bonds. The Kier molecular flexibility index (Phi) is 28.0. The van der Waals surface area contributed by atoms with Crippen LogP contribution in [0.1, 0.15) is 240 Å². The van der Waals surface area contributed by atoms with E-state index in [4.69, 9.17) is 11.5 Å². The van der Waals surface area contributed by atoms with Gasteiger partial charge in [0, 0.05) is 24.1 Å². The molecule has 0 aliphatic heterocycles. The fraction of sp³-hybridized carbons (Fsp3) is 0.810. The molecule has 0 saturated carbocycles. The molecule has 266 valence electrons. The molecule has 0 aromatic heterocycles. The number of hydrogen-bond acceptors (Lipinski definition) is 4. The van der Waals surface area contributed by atoms with Crippen LogP contribution in [0.2, 0.25) is 0 Å². The van der Waals surface area contributed by atoms with Crippen LogP contribution in [0.25, 0.3) is 0 Å². The third-order valence-corrected chi connectivity index (χ3v) is 9.87. The van der Waals surface area contributed by atoms with Gasteiger partial charge in [-0.2, -0.15) is 0 Å². The van der Waals surface area contributed by atoms with Crippen LogP contribution in [0.3, 0.4) is 0 Å². The molecular weight excluding hydrogens is 564 g/mol. The van der Waals surface area contributed by atoms with Crippen molar-refractivity contribution in [1.29, 1.82) is 0 Å². The molecule has 0 atom stereocenters. The van der Waals surface area contributed by atoms with Gasteiger partial charge in [-0.25, -0.2) is 0 Å². The maximum Gasteiger partial charge on any atom is 0.167 e. The predicted molar refractivity (Wildman–Crippen MR) is 203 cm³/mol. The Morgan fingerprint density at radius 1 is 0.413 bits per heavy atom. The van der Waals surface area contributed by atoms with Crippen molar-refractivity contribution in [1.82, 2.24) is 0 Å². The molecule has 0 fully saturated rings. The molecule has 4 N–H and O–H groups in total. The number of unbranched alkanes of at least 4 members (excludes halogenated alkanes) is 28. The van der Waals surface area contributed by atoms with Crippen LogP contribution >= 0.6 is 0 Å². The monoisotopic (exact) mass is 641 g/mol. The number of carbonyl (C=O) groups excluding carboxylic acids is 2. The van der Waals surface area contributed by atoms with Crippen LogP contribution in [0.15, 0.2) is 12.1 Å². The van der Waals surface area contributed by atoms with E-state index in [0.717, 1.165) is 25.7 Å². The van der Waals surface area contributed by atoms with Crippen LogP contribution in [0.5, 0.6) is 0 Å². The number of benzene rings is 1. The van der Waals surface area contributed by atoms with Crippen molar-refractivity contribution in [2.45, 2.75) is 219 Å². The number of nitrogen functional groups attached to an aromatic ring is 2. The average molecular weight is 641 g/mol. The lowest BCUT2D eigenvalue weighted by molar-refractivity contribution is 0.0978. The van der Waals surface area contributed by atoms with E-state index in [1.807, 2.05) is 0 Å². The summed E-state index contributed by atoms with van der Waals surface area (Å²) in [5, 5.41) is 0. The SMILES string of the molecule is CCCCCCCCCCCCCCCCCC(=O)c1ccc(N)c(C(=O)CCCCCCCCCCCCCCCCC)c1N. The molecule has 46 heavy (non-hydrogen) atoms. The first-order valence-corrected chi connectivity index (χ1v) is 20.3. The van der Waals surface area contributed by atoms with E-state index in [2.05, 4.69) is 13.8 Å². The zero-order valence-corrected chi connectivity index (χ0v) is 30.8. The zero-order valence-electron chi connectivity index (χ0n) is 30.8. The van der Waals surface area contributed by atoms with Gasteiger partial charge in [0.2, 0.25) is 0 Å². The maximum absolute atomic E-state index is 13.0. The number of hydrogen-bond donors (Lipinski definition) is 2. The first kappa shape index (κ1) is 42.2. The molecule has 0 unspecified atom stereocenters. The highest BCUT2D eigenvalue weighted by Gasteiger charge is 2.19. The van der Waals surface area contributed by atoms with Crippen molar-refractivity contribution in [2.75, 3.05) is 11.5 Å². The second-order valence-electron chi connectivity index (χ2n) is 14.2. The van der Waals surface area contributed by atoms with Crippen LogP contribution < -0.4 is 11.5 Å². The van der Waals surface area contributed by atoms with Gasteiger partial charge in [-0.15, -0.1) is 0 Å². The molecule has 1 aromatic carbocycles. The van der Waals surface area contributed by atoms with Crippen molar-refractivity contribution < 1.29 is 9.59 Å². The summed E-state index contributed by atoms with van der Waals surface area (Å²) in [6.07, 6.45) is 40.0. The average Bonchev–Trinajstić information content (AvgIpc) is 3.04. The minimum Gasteiger partial charge on any atom is -0.398 e. The lowest BCUT2D eigenvalue weighted by atomic mass is 9.94. The number of ketones is 2. The van der Waals surface area contributed by atoms with Crippen molar-refractivity contribution in [3.05, 3.63) is 23.3 Å². The van der Waals surface area contributed by atoms with E-state index < -0.39 is 0 Å². The lowest BCUT2D eigenvalue weighted by Gasteiger charge is -2.13. The second-order valence-corrected chi connectivity index (χ2v) is 14.2. The summed E-state index contributed by atoms with van der Waals surface area (Å²) in [7, 11) is 0. The van der Waals surface area contributed by atoms with E-state index in [0.29, 0.717) is 29.7 Å². The van der Waals surface area contributed by atoms with Crippen molar-refractivity contribution in [2.24, 2.45) is 0 Å². The fourth-order valence-electron chi connectivity index (χ4n) is 6.76. The maximum atomic E-state index is 13.0. The van der Waals surface area contributed by atoms with E-state index >= 15 is 0 Å². The summed E-state index contributed by atoms with van der Waals surface area (Å²) >= 11 is 0. The molecule has 0 radical (unpaired) electrons. The van der Waals surface area contributed by atoms with E-state index in [1.165, 1.54) is 167 Å². The molecule has 0 aliphatic rings. The highest BCUT2D eigenvalue weighted by molar-refractivity contribution is 6.11. The summed E-state index contributed by atoms with van der Waals surface area (Å²) in [6.45, 7) is 4.55. The number of nitrogens with two attached hydrogens (primary N) is 2. The first-order chi connectivity index (χ1) is 22.5. The zero-order chi connectivity index (χ0) is 33.5. The first-order valence-electron chi connectivity index (χ1n) is 20.3. The Balaban J connectivity index is 2.13. The molecule has 0 aliphatic carbocycles. The summed E-state index contributed by atoms with van der Waals surface area (Å²) < 4.78 is 0. The van der Waals surface area contributed by atoms with E-state index in [9.17, 15) is 9.59 Å². The van der Waals surface area contributed by atoms with Gasteiger partial charge < -0.3 is 11.5 Å². The normalized spacial score (nSPS) is 11.3. The van der Waals surface area contributed by atoms with Crippen LogP contribution in [0, 0.1) is 0 Å². The Hall–Kier alpha value is -1.84. The molecule has 1 aromatic rings. The molecule has 0 heterocycles. The minimum atomic E-state index is -0.0219. The molecule has 0 saturated heterocycles. The largest absolute Gasteiger partial charge is 0.398 e. The third kappa shape index (κ3) is 21.9. The lowest BCUT2D eigenvalue weighted by Crippen LogP contribution is -2.13. The second kappa shape index (κ2) is 30.5. The highest BCUT2D eigenvalue weighted by Crippen LogP contribution is 2.28. The molecule has 1 rings (SSSR count). The fourth-order valence-corrected chi connectivity index (χ4v) is 6.76. The van der Waals surface area contributed by atoms with Gasteiger partial charge in [0.15, 0.2) is 11.6 Å². The Labute approximate surface area is 286 Å². The van der Waals surface area contributed by atoms with Gasteiger partial charge in [-0.1, -0.05) is 194 Å². The Morgan fingerprint density at radius 3 is 1.02 bits per heavy atom. The summed E-state index contributed by atoms with van der Waals surface area (Å²) in [5.41, 5.74) is 14.1. The number of carbonyl (C=O) groups is 2. The molecule has 4 nitrogen and oxygen atoms in total. The van der Waals surface area contributed by atoms with E-state index in [1.54, 1.807) is 12.1 Å². The van der Waals surface area contributed by atoms with Crippen molar-refractivity contribution in [3.63, 3.8) is 0 Å². The number of rotatable bonds is 34. The van der Waals surface area contributed by atoms with Crippen molar-refractivity contribution in [3.8, 4) is 0 Å². The van der Waals surface area contributed by atoms with Crippen LogP contribution in [-0.4, -0.2) is 11.6 Å². The van der Waals surface area contributed by atoms with Gasteiger partial charge in [-0.05, 0) is 25.0 Å². The molecular formula is C42H76N2O2. The molecule has 0 spiro atoms. The Morgan fingerprint density at radius 2 is 0.696 bits per heavy atom. The van der Waals surface area contributed by atoms with Gasteiger partial charge in [-0.3, -0.25) is 9.59 Å². The third-order valence-electron chi connectivity index (χ3n) is 9.87. The predicted octanol–water partition coefficient (Wildman–Crippen LogP) is 13.7. The standard InChI is InChI=1S/C42H76N2O2/c1-3-5-7-9-11-13-15-17-19-21-23-25-27-29-31-33-39(45)37-35-36-38(43)41(42(37)44)40(46)34-32-30-28-26-24-22-20-18-16-14-12-10-8-6-4-2/h35-36H,3-34,43-44H2,1-2H3.